The minimum absolute atomic E-state index is 0.420. The molecule has 5 nitrogen and oxygen atoms in total. The summed E-state index contributed by atoms with van der Waals surface area (Å²) >= 11 is 0. The molecule has 0 unspecified atom stereocenters. The number of nitrogens with zero attached hydrogens (tertiary/aromatic N) is 5. The van der Waals surface area contributed by atoms with Crippen molar-refractivity contribution in [2.75, 3.05) is 11.4 Å². The summed E-state index contributed by atoms with van der Waals surface area (Å²) in [5, 5.41) is 18.5. The quantitative estimate of drug-likeness (QED) is 0.872. The summed E-state index contributed by atoms with van der Waals surface area (Å²) in [6.45, 7) is 5.18. The fraction of sp³-hybridized carbons (Fsp3) is 0.471. The molecule has 1 aromatic carbocycles. The van der Waals surface area contributed by atoms with Gasteiger partial charge >= 0.3 is 0 Å². The lowest BCUT2D eigenvalue weighted by atomic mass is 10.00. The number of piperidine rings is 1. The normalized spacial score (nSPS) is 18.2. The fourth-order valence-corrected chi connectivity index (χ4v) is 3.16. The molecule has 0 spiro atoms. The molecule has 1 aliphatic heterocycles. The van der Waals surface area contributed by atoms with Crippen LogP contribution in [-0.2, 0) is 0 Å². The molecular formula is C17H21N5. The number of hydrogen-bond donors (Lipinski definition) is 0. The van der Waals surface area contributed by atoms with Gasteiger partial charge in [-0.05, 0) is 44.2 Å². The summed E-state index contributed by atoms with van der Waals surface area (Å²) < 4.78 is 0. The van der Waals surface area contributed by atoms with Crippen molar-refractivity contribution < 1.29 is 0 Å². The predicted molar refractivity (Wildman–Crippen MR) is 86.1 cm³/mol. The van der Waals surface area contributed by atoms with Crippen LogP contribution in [0.5, 0.6) is 0 Å². The van der Waals surface area contributed by atoms with Crippen molar-refractivity contribution >= 4 is 5.82 Å². The molecule has 2 aromatic rings. The average Bonchev–Trinajstić information content (AvgIpc) is 2.99. The Morgan fingerprint density at radius 3 is 2.82 bits per heavy atom. The topological polar surface area (TPSA) is 57.7 Å². The SMILES string of the molecule is CC[C@H]1CCCCN1c1nn(-c2ccccc2C)nc1C#N. The van der Waals surface area contributed by atoms with E-state index in [9.17, 15) is 5.26 Å². The Balaban J connectivity index is 2.02. The van der Waals surface area contributed by atoms with Crippen molar-refractivity contribution in [3.8, 4) is 11.8 Å². The van der Waals surface area contributed by atoms with Gasteiger partial charge in [0.1, 0.15) is 6.07 Å². The first-order chi connectivity index (χ1) is 10.7. The third-order valence-electron chi connectivity index (χ3n) is 4.40. The lowest BCUT2D eigenvalue weighted by Gasteiger charge is -2.35. The zero-order valence-corrected chi connectivity index (χ0v) is 13.2. The van der Waals surface area contributed by atoms with E-state index in [0.717, 1.165) is 36.5 Å². The van der Waals surface area contributed by atoms with E-state index >= 15 is 0 Å². The van der Waals surface area contributed by atoms with Crippen molar-refractivity contribution in [2.45, 2.75) is 45.6 Å². The maximum Gasteiger partial charge on any atom is 0.207 e. The van der Waals surface area contributed by atoms with Gasteiger partial charge in [-0.2, -0.15) is 5.26 Å². The van der Waals surface area contributed by atoms with Gasteiger partial charge in [0.15, 0.2) is 5.82 Å². The van der Waals surface area contributed by atoms with Crippen LogP contribution in [0, 0.1) is 18.3 Å². The van der Waals surface area contributed by atoms with Crippen molar-refractivity contribution in [2.24, 2.45) is 0 Å². The maximum atomic E-state index is 9.45. The molecule has 1 aromatic heterocycles. The number of aromatic nitrogens is 3. The molecule has 5 heteroatoms. The number of hydrogen-bond acceptors (Lipinski definition) is 4. The molecule has 114 valence electrons. The highest BCUT2D eigenvalue weighted by atomic mass is 15.5. The Morgan fingerprint density at radius 2 is 2.09 bits per heavy atom. The molecule has 1 atom stereocenters. The maximum absolute atomic E-state index is 9.45. The third-order valence-corrected chi connectivity index (χ3v) is 4.40. The summed E-state index contributed by atoms with van der Waals surface area (Å²) in [6.07, 6.45) is 4.64. The lowest BCUT2D eigenvalue weighted by molar-refractivity contribution is 0.446. The van der Waals surface area contributed by atoms with Crippen LogP contribution in [0.3, 0.4) is 0 Å². The number of para-hydroxylation sites is 1. The van der Waals surface area contributed by atoms with E-state index in [0.29, 0.717) is 11.7 Å². The Morgan fingerprint density at radius 1 is 1.27 bits per heavy atom. The smallest absolute Gasteiger partial charge is 0.207 e. The van der Waals surface area contributed by atoms with Gasteiger partial charge in [0, 0.05) is 12.6 Å². The van der Waals surface area contributed by atoms with Crippen LogP contribution in [0.2, 0.25) is 0 Å². The van der Waals surface area contributed by atoms with Crippen molar-refractivity contribution in [3.05, 3.63) is 35.5 Å². The van der Waals surface area contributed by atoms with E-state index in [4.69, 9.17) is 0 Å². The highest BCUT2D eigenvalue weighted by Gasteiger charge is 2.27. The molecule has 1 fully saturated rings. The number of aryl methyl sites for hydroxylation is 1. The first-order valence-corrected chi connectivity index (χ1v) is 7.94. The molecule has 1 saturated heterocycles. The summed E-state index contributed by atoms with van der Waals surface area (Å²) in [5.41, 5.74) is 2.44. The van der Waals surface area contributed by atoms with Crippen LogP contribution in [0.25, 0.3) is 5.69 Å². The molecule has 3 rings (SSSR count). The van der Waals surface area contributed by atoms with E-state index in [1.54, 1.807) is 4.80 Å². The summed E-state index contributed by atoms with van der Waals surface area (Å²) in [4.78, 5) is 3.87. The van der Waals surface area contributed by atoms with Gasteiger partial charge in [0.05, 0.1) is 5.69 Å². The van der Waals surface area contributed by atoms with Crippen LogP contribution in [-0.4, -0.2) is 27.6 Å². The Kier molecular flexibility index (Phi) is 4.10. The van der Waals surface area contributed by atoms with E-state index in [1.165, 1.54) is 12.8 Å². The minimum atomic E-state index is 0.420. The lowest BCUT2D eigenvalue weighted by Crippen LogP contribution is -2.39. The first-order valence-electron chi connectivity index (χ1n) is 7.94. The monoisotopic (exact) mass is 295 g/mol. The van der Waals surface area contributed by atoms with Gasteiger partial charge in [0.25, 0.3) is 0 Å². The van der Waals surface area contributed by atoms with Gasteiger partial charge in [-0.1, -0.05) is 25.1 Å². The fourth-order valence-electron chi connectivity index (χ4n) is 3.16. The van der Waals surface area contributed by atoms with Crippen LogP contribution in [0.1, 0.15) is 43.9 Å². The molecule has 1 aliphatic rings. The molecule has 0 radical (unpaired) electrons. The second-order valence-electron chi connectivity index (χ2n) is 5.81. The largest absolute Gasteiger partial charge is 0.350 e. The zero-order chi connectivity index (χ0) is 15.5. The van der Waals surface area contributed by atoms with E-state index < -0.39 is 0 Å². The second kappa shape index (κ2) is 6.18. The van der Waals surface area contributed by atoms with E-state index in [2.05, 4.69) is 28.1 Å². The zero-order valence-electron chi connectivity index (χ0n) is 13.2. The van der Waals surface area contributed by atoms with Gasteiger partial charge in [0.2, 0.25) is 5.69 Å². The molecule has 0 saturated carbocycles. The molecule has 22 heavy (non-hydrogen) atoms. The molecule has 0 aliphatic carbocycles. The average molecular weight is 295 g/mol. The summed E-state index contributed by atoms with van der Waals surface area (Å²) in [7, 11) is 0. The highest BCUT2D eigenvalue weighted by molar-refractivity contribution is 5.52. The molecule has 0 bridgehead atoms. The van der Waals surface area contributed by atoms with E-state index in [1.807, 2.05) is 31.2 Å². The Hall–Kier alpha value is -2.35. The Labute approximate surface area is 131 Å². The van der Waals surface area contributed by atoms with Crippen molar-refractivity contribution in [1.82, 2.24) is 15.0 Å². The van der Waals surface area contributed by atoms with Gasteiger partial charge in [-0.25, -0.2) is 0 Å². The highest BCUT2D eigenvalue weighted by Crippen LogP contribution is 2.27. The van der Waals surface area contributed by atoms with Crippen LogP contribution in [0.15, 0.2) is 24.3 Å². The van der Waals surface area contributed by atoms with Crippen molar-refractivity contribution in [1.29, 1.82) is 5.26 Å². The molecule has 2 heterocycles. The van der Waals surface area contributed by atoms with Crippen molar-refractivity contribution in [3.63, 3.8) is 0 Å². The van der Waals surface area contributed by atoms with Gasteiger partial charge in [-0.15, -0.1) is 15.0 Å². The van der Waals surface area contributed by atoms with E-state index in [-0.39, 0.29) is 0 Å². The molecule has 0 N–H and O–H groups in total. The van der Waals surface area contributed by atoms with Gasteiger partial charge in [-0.3, -0.25) is 0 Å². The molecular weight excluding hydrogens is 274 g/mol. The minimum Gasteiger partial charge on any atom is -0.350 e. The Bertz CT molecular complexity index is 697. The van der Waals surface area contributed by atoms with Crippen LogP contribution >= 0.6 is 0 Å². The molecule has 0 amide bonds. The number of anilines is 1. The third kappa shape index (κ3) is 2.57. The number of rotatable bonds is 3. The summed E-state index contributed by atoms with van der Waals surface area (Å²) in [5.74, 6) is 0.734. The number of nitriles is 1. The standard InChI is InChI=1S/C17H21N5/c1-3-14-9-6-7-11-21(14)17-15(12-18)19-22(20-17)16-10-5-4-8-13(16)2/h4-5,8,10,14H,3,6-7,9,11H2,1-2H3/t14-/m0/s1. The summed E-state index contributed by atoms with van der Waals surface area (Å²) in [6, 6.07) is 10.6. The number of benzene rings is 1. The first kappa shape index (κ1) is 14.6. The van der Waals surface area contributed by atoms with Crippen LogP contribution < -0.4 is 4.90 Å². The van der Waals surface area contributed by atoms with Crippen LogP contribution in [0.4, 0.5) is 5.82 Å². The van der Waals surface area contributed by atoms with Gasteiger partial charge < -0.3 is 4.90 Å². The second-order valence-corrected chi connectivity index (χ2v) is 5.81. The predicted octanol–water partition coefficient (Wildman–Crippen LogP) is 3.22.